The van der Waals surface area contributed by atoms with Gasteiger partial charge in [0.1, 0.15) is 0 Å². The first-order valence-electron chi connectivity index (χ1n) is 5.39. The van der Waals surface area contributed by atoms with Crippen molar-refractivity contribution in [2.24, 2.45) is 0 Å². The first kappa shape index (κ1) is 11.8. The third kappa shape index (κ3) is 4.03. The number of aromatic nitrogens is 1. The second kappa shape index (κ2) is 5.13. The summed E-state index contributed by atoms with van der Waals surface area (Å²) in [6.45, 7) is 0.0228. The smallest absolute Gasteiger partial charge is 0.239 e. The van der Waals surface area contributed by atoms with Crippen LogP contribution in [-0.2, 0) is 16.0 Å². The van der Waals surface area contributed by atoms with Gasteiger partial charge in [-0.1, -0.05) is 0 Å². The zero-order valence-corrected chi connectivity index (χ0v) is 10.0. The van der Waals surface area contributed by atoms with E-state index in [-0.39, 0.29) is 24.8 Å². The number of hydrogen-bond donors (Lipinski definition) is 3. The van der Waals surface area contributed by atoms with E-state index in [1.54, 1.807) is 5.38 Å². The van der Waals surface area contributed by atoms with Crippen LogP contribution in [0.15, 0.2) is 5.38 Å². The van der Waals surface area contributed by atoms with Gasteiger partial charge in [-0.3, -0.25) is 9.59 Å². The third-order valence-corrected chi connectivity index (χ3v) is 3.02. The van der Waals surface area contributed by atoms with E-state index in [1.165, 1.54) is 11.3 Å². The molecule has 1 fully saturated rings. The molecule has 0 unspecified atom stereocenters. The maximum absolute atomic E-state index is 11.5. The van der Waals surface area contributed by atoms with Crippen LogP contribution in [0.5, 0.6) is 0 Å². The standard InChI is InChI=1S/C10H14N4O2S/c11-10-14-7(5-17-10)3-8(15)12-4-9(16)13-6-1-2-6/h5-6H,1-4H2,(H2,11,14)(H,12,15)(H,13,16). The molecule has 1 heterocycles. The Morgan fingerprint density at radius 2 is 2.24 bits per heavy atom. The molecule has 1 aromatic rings. The summed E-state index contributed by atoms with van der Waals surface area (Å²) in [6, 6.07) is 0.317. The Kier molecular flexibility index (Phi) is 3.58. The Hall–Kier alpha value is -1.63. The van der Waals surface area contributed by atoms with Crippen LogP contribution >= 0.6 is 11.3 Å². The van der Waals surface area contributed by atoms with Crippen molar-refractivity contribution >= 4 is 28.3 Å². The lowest BCUT2D eigenvalue weighted by atomic mass is 10.3. The van der Waals surface area contributed by atoms with Crippen molar-refractivity contribution in [2.75, 3.05) is 12.3 Å². The lowest BCUT2D eigenvalue weighted by Gasteiger charge is -2.04. The monoisotopic (exact) mass is 254 g/mol. The molecule has 2 amide bonds. The van der Waals surface area contributed by atoms with E-state index in [0.717, 1.165) is 12.8 Å². The molecule has 1 aromatic heterocycles. The second-order valence-electron chi connectivity index (χ2n) is 3.97. The molecule has 1 aliphatic rings. The molecule has 1 saturated carbocycles. The number of thiazole rings is 1. The predicted octanol–water partition coefficient (Wildman–Crippen LogP) is -0.337. The number of hydrogen-bond acceptors (Lipinski definition) is 5. The Balaban J connectivity index is 1.68. The summed E-state index contributed by atoms with van der Waals surface area (Å²) in [5.74, 6) is -0.361. The van der Waals surface area contributed by atoms with Crippen LogP contribution in [0.25, 0.3) is 0 Å². The van der Waals surface area contributed by atoms with Gasteiger partial charge in [-0.05, 0) is 12.8 Å². The highest BCUT2D eigenvalue weighted by Gasteiger charge is 2.23. The van der Waals surface area contributed by atoms with Crippen LogP contribution in [0.1, 0.15) is 18.5 Å². The van der Waals surface area contributed by atoms with Gasteiger partial charge in [0.05, 0.1) is 18.7 Å². The summed E-state index contributed by atoms with van der Waals surface area (Å²) in [4.78, 5) is 26.7. The van der Waals surface area contributed by atoms with E-state index in [1.807, 2.05) is 0 Å². The molecule has 4 N–H and O–H groups in total. The van der Waals surface area contributed by atoms with Crippen molar-refractivity contribution < 1.29 is 9.59 Å². The predicted molar refractivity (Wildman–Crippen MR) is 64.4 cm³/mol. The van der Waals surface area contributed by atoms with E-state index in [0.29, 0.717) is 16.9 Å². The number of rotatable bonds is 5. The fraction of sp³-hybridized carbons (Fsp3) is 0.500. The third-order valence-electron chi connectivity index (χ3n) is 2.30. The molecule has 2 rings (SSSR count). The van der Waals surface area contributed by atoms with Crippen molar-refractivity contribution in [2.45, 2.75) is 25.3 Å². The van der Waals surface area contributed by atoms with E-state index >= 15 is 0 Å². The minimum Gasteiger partial charge on any atom is -0.375 e. The van der Waals surface area contributed by atoms with E-state index < -0.39 is 0 Å². The van der Waals surface area contributed by atoms with Gasteiger partial charge in [-0.2, -0.15) is 0 Å². The number of nitrogens with two attached hydrogens (primary N) is 1. The van der Waals surface area contributed by atoms with Crippen molar-refractivity contribution in [3.63, 3.8) is 0 Å². The zero-order chi connectivity index (χ0) is 12.3. The average molecular weight is 254 g/mol. The first-order valence-corrected chi connectivity index (χ1v) is 6.27. The van der Waals surface area contributed by atoms with Crippen molar-refractivity contribution in [1.82, 2.24) is 15.6 Å². The minimum atomic E-state index is -0.221. The summed E-state index contributed by atoms with van der Waals surface area (Å²) in [6.07, 6.45) is 2.24. The highest BCUT2D eigenvalue weighted by Crippen LogP contribution is 2.18. The molecule has 6 nitrogen and oxygen atoms in total. The number of amides is 2. The topological polar surface area (TPSA) is 97.1 Å². The Bertz CT molecular complexity index is 428. The maximum atomic E-state index is 11.5. The van der Waals surface area contributed by atoms with Gasteiger partial charge in [0.25, 0.3) is 0 Å². The van der Waals surface area contributed by atoms with E-state index in [9.17, 15) is 9.59 Å². The number of anilines is 1. The molecule has 0 bridgehead atoms. The van der Waals surface area contributed by atoms with Crippen LogP contribution in [0, 0.1) is 0 Å². The van der Waals surface area contributed by atoms with Gasteiger partial charge in [-0.15, -0.1) is 11.3 Å². The average Bonchev–Trinajstić information content (AvgIpc) is 2.99. The highest BCUT2D eigenvalue weighted by atomic mass is 32.1. The van der Waals surface area contributed by atoms with Crippen LogP contribution < -0.4 is 16.4 Å². The number of carbonyl (C=O) groups is 2. The molecule has 0 aromatic carbocycles. The highest BCUT2D eigenvalue weighted by molar-refractivity contribution is 7.13. The quantitative estimate of drug-likeness (QED) is 0.670. The summed E-state index contributed by atoms with van der Waals surface area (Å²) in [7, 11) is 0. The van der Waals surface area contributed by atoms with Gasteiger partial charge < -0.3 is 16.4 Å². The molecular weight excluding hydrogens is 240 g/mol. The number of carbonyl (C=O) groups excluding carboxylic acids is 2. The summed E-state index contributed by atoms with van der Waals surface area (Å²) in [5, 5.41) is 7.52. The maximum Gasteiger partial charge on any atom is 0.239 e. The minimum absolute atomic E-state index is 0.0228. The fourth-order valence-electron chi connectivity index (χ4n) is 1.32. The molecule has 7 heteroatoms. The molecule has 0 saturated heterocycles. The molecule has 1 aliphatic carbocycles. The Labute approximate surface area is 103 Å². The van der Waals surface area contributed by atoms with Gasteiger partial charge in [-0.25, -0.2) is 4.98 Å². The molecule has 17 heavy (non-hydrogen) atoms. The number of nitrogens with zero attached hydrogens (tertiary/aromatic N) is 1. The molecular formula is C10H14N4O2S. The van der Waals surface area contributed by atoms with E-state index in [2.05, 4.69) is 15.6 Å². The molecule has 0 radical (unpaired) electrons. The van der Waals surface area contributed by atoms with Crippen molar-refractivity contribution in [1.29, 1.82) is 0 Å². The summed E-state index contributed by atoms with van der Waals surface area (Å²) in [5.41, 5.74) is 6.08. The second-order valence-corrected chi connectivity index (χ2v) is 4.86. The summed E-state index contributed by atoms with van der Waals surface area (Å²) < 4.78 is 0. The van der Waals surface area contributed by atoms with Gasteiger partial charge >= 0.3 is 0 Å². The fourth-order valence-corrected chi connectivity index (χ4v) is 1.88. The van der Waals surface area contributed by atoms with Crippen LogP contribution in [0.4, 0.5) is 5.13 Å². The summed E-state index contributed by atoms with van der Waals surface area (Å²) >= 11 is 1.29. The lowest BCUT2D eigenvalue weighted by molar-refractivity contribution is -0.125. The number of nitrogen functional groups attached to an aromatic ring is 1. The van der Waals surface area contributed by atoms with Gasteiger partial charge in [0.15, 0.2) is 5.13 Å². The SMILES string of the molecule is Nc1nc(CC(=O)NCC(=O)NC2CC2)cs1. The Morgan fingerprint density at radius 3 is 2.82 bits per heavy atom. The lowest BCUT2D eigenvalue weighted by Crippen LogP contribution is -2.38. The van der Waals surface area contributed by atoms with Crippen LogP contribution in [0.3, 0.4) is 0 Å². The molecule has 0 atom stereocenters. The van der Waals surface area contributed by atoms with Crippen LogP contribution in [-0.4, -0.2) is 29.4 Å². The Morgan fingerprint density at radius 1 is 1.47 bits per heavy atom. The largest absolute Gasteiger partial charge is 0.375 e. The molecule has 0 spiro atoms. The molecule has 0 aliphatic heterocycles. The van der Waals surface area contributed by atoms with Gasteiger partial charge in [0.2, 0.25) is 11.8 Å². The van der Waals surface area contributed by atoms with Gasteiger partial charge in [0, 0.05) is 11.4 Å². The normalized spacial score (nSPS) is 14.4. The molecule has 92 valence electrons. The van der Waals surface area contributed by atoms with Crippen molar-refractivity contribution in [3.05, 3.63) is 11.1 Å². The first-order chi connectivity index (χ1) is 8.13. The van der Waals surface area contributed by atoms with Crippen molar-refractivity contribution in [3.8, 4) is 0 Å². The van der Waals surface area contributed by atoms with Crippen LogP contribution in [0.2, 0.25) is 0 Å². The zero-order valence-electron chi connectivity index (χ0n) is 9.23. The number of nitrogens with one attached hydrogen (secondary N) is 2. The van der Waals surface area contributed by atoms with E-state index in [4.69, 9.17) is 5.73 Å².